The van der Waals surface area contributed by atoms with E-state index in [1.54, 1.807) is 0 Å². The van der Waals surface area contributed by atoms with Crippen LogP contribution >= 0.6 is 0 Å². The van der Waals surface area contributed by atoms with Crippen LogP contribution in [0.2, 0.25) is 0 Å². The third-order valence-electron chi connectivity index (χ3n) is 2.82. The van der Waals surface area contributed by atoms with Crippen molar-refractivity contribution < 1.29 is 14.2 Å². The number of pyridine rings is 1. The van der Waals surface area contributed by atoms with Gasteiger partial charge in [0.1, 0.15) is 11.6 Å². The van der Waals surface area contributed by atoms with Crippen molar-refractivity contribution in [3.8, 4) is 11.6 Å². The molecular formula is C15H16FNO2. The molecule has 1 aromatic carbocycles. The first-order valence-corrected chi connectivity index (χ1v) is 6.13. The highest BCUT2D eigenvalue weighted by molar-refractivity contribution is 5.34. The minimum absolute atomic E-state index is 0.223. The van der Waals surface area contributed by atoms with Crippen molar-refractivity contribution in [2.75, 3.05) is 0 Å². The van der Waals surface area contributed by atoms with Gasteiger partial charge >= 0.3 is 0 Å². The maximum Gasteiger partial charge on any atom is 0.224 e. The molecule has 2 aromatic rings. The molecule has 0 saturated carbocycles. The van der Waals surface area contributed by atoms with Crippen LogP contribution in [0.5, 0.6) is 11.6 Å². The van der Waals surface area contributed by atoms with Crippen molar-refractivity contribution in [2.45, 2.75) is 26.4 Å². The summed E-state index contributed by atoms with van der Waals surface area (Å²) in [6.45, 7) is 3.91. The molecule has 0 radical (unpaired) electrons. The normalized spacial score (nSPS) is 10.8. The molecule has 0 amide bonds. The number of hydrogen-bond acceptors (Lipinski definition) is 3. The average Bonchev–Trinajstić information content (AvgIpc) is 2.41. The van der Waals surface area contributed by atoms with Crippen molar-refractivity contribution in [1.82, 2.24) is 4.98 Å². The van der Waals surface area contributed by atoms with Gasteiger partial charge in [-0.2, -0.15) is 0 Å². The molecule has 0 atom stereocenters. The number of rotatable bonds is 4. The van der Waals surface area contributed by atoms with E-state index in [1.807, 2.05) is 24.3 Å². The summed E-state index contributed by atoms with van der Waals surface area (Å²) in [5.74, 6) is 0.789. The number of aliphatic hydroxyl groups is 1. The van der Waals surface area contributed by atoms with Gasteiger partial charge in [0, 0.05) is 5.56 Å². The zero-order valence-corrected chi connectivity index (χ0v) is 10.9. The van der Waals surface area contributed by atoms with Gasteiger partial charge in [0.2, 0.25) is 5.88 Å². The number of nitrogens with zero attached hydrogens (tertiary/aromatic N) is 1. The van der Waals surface area contributed by atoms with Crippen LogP contribution in [-0.2, 0) is 6.61 Å². The van der Waals surface area contributed by atoms with E-state index in [0.29, 0.717) is 17.2 Å². The molecule has 100 valence electrons. The third-order valence-corrected chi connectivity index (χ3v) is 2.82. The molecule has 0 saturated heterocycles. The Hall–Kier alpha value is -1.94. The maximum absolute atomic E-state index is 13.0. The maximum atomic E-state index is 13.0. The van der Waals surface area contributed by atoms with Gasteiger partial charge in [0.25, 0.3) is 0 Å². The Kier molecular flexibility index (Phi) is 4.12. The second-order valence-electron chi connectivity index (χ2n) is 4.60. The van der Waals surface area contributed by atoms with Crippen molar-refractivity contribution in [3.05, 3.63) is 53.5 Å². The van der Waals surface area contributed by atoms with Gasteiger partial charge in [-0.05, 0) is 29.7 Å². The molecule has 19 heavy (non-hydrogen) atoms. The van der Waals surface area contributed by atoms with Crippen LogP contribution in [0.1, 0.15) is 30.9 Å². The smallest absolute Gasteiger partial charge is 0.224 e. The first kappa shape index (κ1) is 13.5. The molecule has 1 N–H and O–H groups in total. The zero-order valence-electron chi connectivity index (χ0n) is 10.9. The van der Waals surface area contributed by atoms with Crippen LogP contribution in [-0.4, -0.2) is 10.1 Å². The van der Waals surface area contributed by atoms with E-state index in [1.165, 1.54) is 11.6 Å². The molecule has 0 bridgehead atoms. The Labute approximate surface area is 111 Å². The summed E-state index contributed by atoms with van der Waals surface area (Å²) in [5.41, 5.74) is 1.54. The molecule has 3 nitrogen and oxygen atoms in total. The van der Waals surface area contributed by atoms with Crippen LogP contribution in [0.3, 0.4) is 0 Å². The molecule has 0 aliphatic heterocycles. The Balaban J connectivity index is 2.21. The van der Waals surface area contributed by atoms with Crippen LogP contribution in [0.4, 0.5) is 4.39 Å². The summed E-state index contributed by atoms with van der Waals surface area (Å²) in [4.78, 5) is 3.84. The fourth-order valence-corrected chi connectivity index (χ4v) is 1.71. The highest BCUT2D eigenvalue weighted by atomic mass is 19.1. The van der Waals surface area contributed by atoms with Crippen LogP contribution in [0.25, 0.3) is 0 Å². The number of halogens is 1. The van der Waals surface area contributed by atoms with Gasteiger partial charge in [-0.1, -0.05) is 26.0 Å². The topological polar surface area (TPSA) is 42.4 Å². The molecule has 2 rings (SSSR count). The average molecular weight is 261 g/mol. The lowest BCUT2D eigenvalue weighted by molar-refractivity contribution is 0.274. The molecule has 4 heteroatoms. The predicted molar refractivity (Wildman–Crippen MR) is 70.7 cm³/mol. The lowest BCUT2D eigenvalue weighted by Crippen LogP contribution is -1.96. The van der Waals surface area contributed by atoms with Crippen molar-refractivity contribution in [1.29, 1.82) is 0 Å². The van der Waals surface area contributed by atoms with E-state index in [2.05, 4.69) is 18.8 Å². The van der Waals surface area contributed by atoms with Gasteiger partial charge < -0.3 is 9.84 Å². The Morgan fingerprint density at radius 1 is 1.26 bits per heavy atom. The van der Waals surface area contributed by atoms with E-state index in [4.69, 9.17) is 9.84 Å². The van der Waals surface area contributed by atoms with E-state index >= 15 is 0 Å². The summed E-state index contributed by atoms with van der Waals surface area (Å²) in [6.07, 6.45) is 1.07. The Bertz CT molecular complexity index is 553. The van der Waals surface area contributed by atoms with E-state index in [-0.39, 0.29) is 12.5 Å². The molecule has 0 fully saturated rings. The lowest BCUT2D eigenvalue weighted by Gasteiger charge is -2.10. The molecule has 1 aromatic heterocycles. The fourth-order valence-electron chi connectivity index (χ4n) is 1.71. The monoisotopic (exact) mass is 261 g/mol. The quantitative estimate of drug-likeness (QED) is 0.913. The molecule has 1 heterocycles. The first-order chi connectivity index (χ1) is 9.10. The van der Waals surface area contributed by atoms with Crippen molar-refractivity contribution in [3.63, 3.8) is 0 Å². The minimum Gasteiger partial charge on any atom is -0.439 e. The molecule has 0 aliphatic carbocycles. The zero-order chi connectivity index (χ0) is 13.8. The number of ether oxygens (including phenoxy) is 1. The van der Waals surface area contributed by atoms with Crippen LogP contribution < -0.4 is 4.74 Å². The third kappa shape index (κ3) is 3.29. The lowest BCUT2D eigenvalue weighted by atomic mass is 10.0. The number of hydrogen-bond donors (Lipinski definition) is 1. The van der Waals surface area contributed by atoms with Crippen LogP contribution in [0, 0.1) is 5.82 Å². The summed E-state index contributed by atoms with van der Waals surface area (Å²) in [5, 5.41) is 9.15. The number of benzene rings is 1. The molecule has 0 aliphatic rings. The Morgan fingerprint density at radius 2 is 1.95 bits per heavy atom. The highest BCUT2D eigenvalue weighted by Crippen LogP contribution is 2.25. The second kappa shape index (κ2) is 5.80. The standard InChI is InChI=1S/C15H16FNO2/c1-10(2)11-3-5-14(6-4-11)19-15-12(9-18)7-13(16)8-17-15/h3-8,10,18H,9H2,1-2H3. The van der Waals surface area contributed by atoms with Gasteiger partial charge in [-0.15, -0.1) is 0 Å². The summed E-state index contributed by atoms with van der Waals surface area (Å²) >= 11 is 0. The highest BCUT2D eigenvalue weighted by Gasteiger charge is 2.08. The van der Waals surface area contributed by atoms with Gasteiger partial charge in [0.05, 0.1) is 12.8 Å². The van der Waals surface area contributed by atoms with E-state index in [0.717, 1.165) is 6.20 Å². The number of aromatic nitrogens is 1. The Morgan fingerprint density at radius 3 is 2.53 bits per heavy atom. The SMILES string of the molecule is CC(C)c1ccc(Oc2ncc(F)cc2CO)cc1. The summed E-state index contributed by atoms with van der Waals surface area (Å²) in [7, 11) is 0. The number of aliphatic hydroxyl groups excluding tert-OH is 1. The summed E-state index contributed by atoms with van der Waals surface area (Å²) < 4.78 is 18.5. The molecule has 0 spiro atoms. The summed E-state index contributed by atoms with van der Waals surface area (Å²) in [6, 6.07) is 8.83. The van der Waals surface area contributed by atoms with Gasteiger partial charge in [-0.25, -0.2) is 9.37 Å². The van der Waals surface area contributed by atoms with Crippen molar-refractivity contribution >= 4 is 0 Å². The van der Waals surface area contributed by atoms with Crippen LogP contribution in [0.15, 0.2) is 36.5 Å². The van der Waals surface area contributed by atoms with Crippen molar-refractivity contribution in [2.24, 2.45) is 0 Å². The minimum atomic E-state index is -0.494. The first-order valence-electron chi connectivity index (χ1n) is 6.13. The molecular weight excluding hydrogens is 245 g/mol. The fraction of sp³-hybridized carbons (Fsp3) is 0.267. The van der Waals surface area contributed by atoms with E-state index in [9.17, 15) is 4.39 Å². The van der Waals surface area contributed by atoms with Gasteiger partial charge in [0.15, 0.2) is 0 Å². The largest absolute Gasteiger partial charge is 0.439 e. The van der Waals surface area contributed by atoms with E-state index < -0.39 is 5.82 Å². The predicted octanol–water partition coefficient (Wildman–Crippen LogP) is 3.63. The van der Waals surface area contributed by atoms with Gasteiger partial charge in [-0.3, -0.25) is 0 Å². The second-order valence-corrected chi connectivity index (χ2v) is 4.60. The molecule has 0 unspecified atom stereocenters.